The number of hydrogen-bond acceptors (Lipinski definition) is 8. The number of hydrogen-bond donors (Lipinski definition) is 4. The topological polar surface area (TPSA) is 147 Å². The Balaban J connectivity index is 1.74. The van der Waals surface area contributed by atoms with Gasteiger partial charge in [-0.2, -0.15) is 4.99 Å². The van der Waals surface area contributed by atoms with Gasteiger partial charge in [0.15, 0.2) is 17.7 Å². The fourth-order valence-electron chi connectivity index (χ4n) is 2.97. The first-order valence-electron chi connectivity index (χ1n) is 7.03. The van der Waals surface area contributed by atoms with E-state index in [-0.39, 0.29) is 41.4 Å². The van der Waals surface area contributed by atoms with Crippen LogP contribution in [-0.2, 0) is 4.74 Å². The van der Waals surface area contributed by atoms with Crippen LogP contribution in [0.15, 0.2) is 27.8 Å². The molecule has 0 radical (unpaired) electrons. The minimum absolute atomic E-state index is 0.0139. The maximum absolute atomic E-state index is 12.2. The molecule has 120 valence electrons. The molecule has 0 spiro atoms. The van der Waals surface area contributed by atoms with Gasteiger partial charge in [-0.3, -0.25) is 14.4 Å². The van der Waals surface area contributed by atoms with E-state index in [9.17, 15) is 9.90 Å². The molecule has 23 heavy (non-hydrogen) atoms. The van der Waals surface area contributed by atoms with Gasteiger partial charge in [0.05, 0.1) is 30.9 Å². The van der Waals surface area contributed by atoms with Crippen LogP contribution in [0.4, 0.5) is 0 Å². The summed E-state index contributed by atoms with van der Waals surface area (Å²) in [7, 11) is 0. The largest absolute Gasteiger partial charge is 0.508 e. The van der Waals surface area contributed by atoms with Crippen LogP contribution in [0, 0.1) is 0 Å². The summed E-state index contributed by atoms with van der Waals surface area (Å²) in [6.07, 6.45) is 1.08. The molecule has 2 unspecified atom stereocenters. The number of carbonyl (C=O) groups is 1. The third-order valence-electron chi connectivity index (χ3n) is 4.04. The first kappa shape index (κ1) is 13.8. The van der Waals surface area contributed by atoms with E-state index in [1.165, 1.54) is 6.33 Å². The molecule has 1 amide bonds. The predicted molar refractivity (Wildman–Crippen MR) is 77.8 cm³/mol. The minimum atomic E-state index is -0.580. The lowest BCUT2D eigenvalue weighted by Gasteiger charge is -2.28. The number of aliphatic hydroxyl groups is 2. The van der Waals surface area contributed by atoms with Crippen molar-refractivity contribution in [2.45, 2.75) is 18.6 Å². The van der Waals surface area contributed by atoms with Crippen LogP contribution in [0.2, 0.25) is 0 Å². The van der Waals surface area contributed by atoms with Crippen LogP contribution in [0.25, 0.3) is 0 Å². The lowest BCUT2D eigenvalue weighted by atomic mass is 9.96. The first-order chi connectivity index (χ1) is 11.1. The van der Waals surface area contributed by atoms with E-state index in [1.54, 1.807) is 4.57 Å². The second-order valence-electron chi connectivity index (χ2n) is 5.39. The van der Waals surface area contributed by atoms with Crippen molar-refractivity contribution in [3.05, 3.63) is 29.2 Å². The summed E-state index contributed by atoms with van der Waals surface area (Å²) in [5.74, 6) is -0.0145. The molecule has 4 rings (SSSR count). The molecule has 5 N–H and O–H groups in total. The number of aromatic nitrogens is 2. The third-order valence-corrected chi connectivity index (χ3v) is 4.04. The number of nitrogens with one attached hydrogen (secondary N) is 1. The lowest BCUT2D eigenvalue weighted by molar-refractivity contribution is 0.0604. The number of rotatable bonds is 2. The number of aliphatic hydroxyl groups excluding tert-OH is 2. The maximum atomic E-state index is 12.2. The quantitative estimate of drug-likeness (QED) is 0.556. The zero-order chi connectivity index (χ0) is 16.1. The average molecular weight is 318 g/mol. The van der Waals surface area contributed by atoms with Crippen molar-refractivity contribution in [3.63, 3.8) is 0 Å². The van der Waals surface area contributed by atoms with Crippen molar-refractivity contribution in [2.75, 3.05) is 13.2 Å². The summed E-state index contributed by atoms with van der Waals surface area (Å²) >= 11 is 0. The molecule has 0 saturated carbocycles. The van der Waals surface area contributed by atoms with Crippen LogP contribution >= 0.6 is 0 Å². The Labute approximate surface area is 130 Å². The molecule has 2 atom stereocenters. The smallest absolute Gasteiger partial charge is 0.277 e. The fraction of sp³-hybridized carbons (Fsp3) is 0.385. The van der Waals surface area contributed by atoms with E-state index in [1.807, 2.05) is 0 Å². The van der Waals surface area contributed by atoms with E-state index < -0.39 is 12.8 Å². The van der Waals surface area contributed by atoms with Gasteiger partial charge in [0.1, 0.15) is 18.2 Å². The van der Waals surface area contributed by atoms with Gasteiger partial charge in [-0.25, -0.2) is 4.98 Å². The Bertz CT molecular complexity index is 792. The minimum Gasteiger partial charge on any atom is -0.508 e. The molecule has 3 aliphatic heterocycles. The highest BCUT2D eigenvalue weighted by molar-refractivity contribution is 6.15. The van der Waals surface area contributed by atoms with Gasteiger partial charge in [0.2, 0.25) is 5.96 Å². The van der Waals surface area contributed by atoms with Gasteiger partial charge in [-0.1, -0.05) is 0 Å². The summed E-state index contributed by atoms with van der Waals surface area (Å²) in [5, 5.41) is 21.6. The predicted octanol–water partition coefficient (Wildman–Crippen LogP) is -0.882. The van der Waals surface area contributed by atoms with Crippen molar-refractivity contribution in [2.24, 2.45) is 15.7 Å². The normalized spacial score (nSPS) is 26.0. The van der Waals surface area contributed by atoms with E-state index in [4.69, 9.17) is 15.6 Å². The Kier molecular flexibility index (Phi) is 2.88. The van der Waals surface area contributed by atoms with Gasteiger partial charge < -0.3 is 26.0 Å². The molecule has 10 nitrogen and oxygen atoms in total. The summed E-state index contributed by atoms with van der Waals surface area (Å²) in [6.45, 7) is -0.0563. The molecule has 1 aromatic heterocycles. The van der Waals surface area contributed by atoms with Crippen LogP contribution in [0.3, 0.4) is 0 Å². The van der Waals surface area contributed by atoms with Crippen molar-refractivity contribution < 1.29 is 19.7 Å². The fourth-order valence-corrected chi connectivity index (χ4v) is 2.97. The molecule has 0 aliphatic carbocycles. The highest BCUT2D eigenvalue weighted by Gasteiger charge is 2.39. The summed E-state index contributed by atoms with van der Waals surface area (Å²) < 4.78 is 7.21. The number of amides is 1. The zero-order valence-corrected chi connectivity index (χ0v) is 11.9. The molecule has 0 bridgehead atoms. The average Bonchev–Trinajstić information content (AvgIpc) is 3.11. The Morgan fingerprint density at radius 2 is 2.35 bits per heavy atom. The molecule has 1 aromatic rings. The number of nitrogens with zero attached hydrogens (tertiary/aromatic N) is 4. The summed E-state index contributed by atoms with van der Waals surface area (Å²) in [6, 6.07) is 0. The zero-order valence-electron chi connectivity index (χ0n) is 11.9. The van der Waals surface area contributed by atoms with E-state index >= 15 is 0 Å². The van der Waals surface area contributed by atoms with Gasteiger partial charge in [0.25, 0.3) is 5.91 Å². The van der Waals surface area contributed by atoms with Crippen molar-refractivity contribution in [1.82, 2.24) is 14.9 Å². The van der Waals surface area contributed by atoms with Gasteiger partial charge in [-0.15, -0.1) is 0 Å². The second-order valence-corrected chi connectivity index (χ2v) is 5.39. The number of amidine groups is 1. The van der Waals surface area contributed by atoms with E-state index in [0.29, 0.717) is 18.1 Å². The number of nitrogens with two attached hydrogens (primary N) is 1. The van der Waals surface area contributed by atoms with E-state index in [0.717, 1.165) is 0 Å². The number of guanidine groups is 1. The molecular weight excluding hydrogens is 304 g/mol. The highest BCUT2D eigenvalue weighted by atomic mass is 16.5. The van der Waals surface area contributed by atoms with Crippen molar-refractivity contribution in [3.8, 4) is 0 Å². The Morgan fingerprint density at radius 3 is 3.09 bits per heavy atom. The molecule has 0 aromatic carbocycles. The maximum Gasteiger partial charge on any atom is 0.277 e. The molecule has 3 aliphatic rings. The van der Waals surface area contributed by atoms with Gasteiger partial charge in [-0.05, 0) is 0 Å². The first-order valence-corrected chi connectivity index (χ1v) is 7.03. The van der Waals surface area contributed by atoms with Crippen LogP contribution in [0.5, 0.6) is 0 Å². The van der Waals surface area contributed by atoms with Crippen LogP contribution in [0.1, 0.15) is 34.7 Å². The van der Waals surface area contributed by atoms with E-state index in [2.05, 4.69) is 20.3 Å². The molecule has 10 heteroatoms. The monoisotopic (exact) mass is 318 g/mol. The Morgan fingerprint density at radius 1 is 1.52 bits per heavy atom. The molecular formula is C13H14N6O4. The highest BCUT2D eigenvalue weighted by Crippen LogP contribution is 2.36. The SMILES string of the molecule is NC1=NCC2C(=N1)NC(=O)c1ncn(C3CC(O)=C(CO)O3)c12. The summed E-state index contributed by atoms with van der Waals surface area (Å²) in [5.41, 5.74) is 6.47. The number of fused-ring (bicyclic) bond motifs is 3. The molecule has 0 fully saturated rings. The van der Waals surface area contributed by atoms with Crippen LogP contribution in [-0.4, -0.2) is 50.6 Å². The number of imidazole rings is 1. The Hall–Kier alpha value is -2.88. The second kappa shape index (κ2) is 4.81. The number of ether oxygens (including phenoxy) is 1. The number of aliphatic imine (C=N–C) groups is 2. The number of carbonyl (C=O) groups excluding carboxylic acids is 1. The van der Waals surface area contributed by atoms with Crippen molar-refractivity contribution >= 4 is 17.7 Å². The lowest BCUT2D eigenvalue weighted by Crippen LogP contribution is -2.45. The van der Waals surface area contributed by atoms with Crippen molar-refractivity contribution in [1.29, 1.82) is 0 Å². The van der Waals surface area contributed by atoms with Gasteiger partial charge in [0, 0.05) is 0 Å². The standard InChI is InChI=1S/C13H14N6O4/c14-13-15-2-5-10-9(12(22)17-11(5)18-13)16-4-19(10)8-1-6(21)7(3-20)23-8/h4-5,8,20-21H,1-3H2,(H3,14,15,17,18,22). The summed E-state index contributed by atoms with van der Waals surface area (Å²) in [4.78, 5) is 24.5. The van der Waals surface area contributed by atoms with Gasteiger partial charge >= 0.3 is 0 Å². The van der Waals surface area contributed by atoms with Crippen LogP contribution < -0.4 is 11.1 Å². The molecule has 4 heterocycles. The third kappa shape index (κ3) is 1.99. The molecule has 0 saturated heterocycles.